The Hall–Kier alpha value is -1.77. The normalized spacial score (nSPS) is 23.2. The van der Waals surface area contributed by atoms with Gasteiger partial charge in [-0.25, -0.2) is 16.8 Å². The highest BCUT2D eigenvalue weighted by Gasteiger charge is 2.45. The molecular formula is C16H18N2O4S2. The minimum atomic E-state index is -3.72. The maximum Gasteiger partial charge on any atom is 0.183 e. The standard InChI is InChI=1S/C16H18N2O4S2/c19-23(20)11-15(18-10-13-6-8-17-9-7-13)16(12-23)24(21,22)14-4-2-1-3-5-14/h1-9,15-16,18H,10-12H2/t15-,16-/m0/s1. The summed E-state index contributed by atoms with van der Waals surface area (Å²) in [5.74, 6) is -0.521. The van der Waals surface area contributed by atoms with E-state index in [-0.39, 0.29) is 16.4 Å². The highest BCUT2D eigenvalue weighted by Crippen LogP contribution is 2.26. The fourth-order valence-electron chi connectivity index (χ4n) is 2.85. The monoisotopic (exact) mass is 366 g/mol. The summed E-state index contributed by atoms with van der Waals surface area (Å²) in [5.41, 5.74) is 0.921. The van der Waals surface area contributed by atoms with Crippen LogP contribution >= 0.6 is 0 Å². The molecule has 1 aliphatic heterocycles. The molecule has 0 radical (unpaired) electrons. The molecule has 0 amide bonds. The molecule has 8 heteroatoms. The van der Waals surface area contributed by atoms with Crippen LogP contribution in [0.1, 0.15) is 5.56 Å². The van der Waals surface area contributed by atoms with Crippen molar-refractivity contribution in [3.63, 3.8) is 0 Å². The first-order chi connectivity index (χ1) is 11.4. The van der Waals surface area contributed by atoms with Crippen molar-refractivity contribution in [3.8, 4) is 0 Å². The summed E-state index contributed by atoms with van der Waals surface area (Å²) < 4.78 is 49.7. The van der Waals surface area contributed by atoms with Gasteiger partial charge in [0.1, 0.15) is 0 Å². The van der Waals surface area contributed by atoms with Gasteiger partial charge in [0.05, 0.1) is 21.7 Å². The van der Waals surface area contributed by atoms with Gasteiger partial charge in [0, 0.05) is 25.0 Å². The molecule has 0 saturated carbocycles. The summed E-state index contributed by atoms with van der Waals surface area (Å²) in [6, 6.07) is 11.0. The van der Waals surface area contributed by atoms with Crippen LogP contribution in [0.15, 0.2) is 59.8 Å². The highest BCUT2D eigenvalue weighted by molar-refractivity contribution is 7.96. The van der Waals surface area contributed by atoms with E-state index in [4.69, 9.17) is 0 Å². The van der Waals surface area contributed by atoms with E-state index < -0.39 is 31.0 Å². The Morgan fingerprint density at radius 2 is 1.71 bits per heavy atom. The number of hydrogen-bond donors (Lipinski definition) is 1. The summed E-state index contributed by atoms with van der Waals surface area (Å²) in [4.78, 5) is 4.08. The van der Waals surface area contributed by atoms with Crippen LogP contribution in [0.5, 0.6) is 0 Å². The van der Waals surface area contributed by atoms with Crippen LogP contribution in [0, 0.1) is 0 Å². The molecule has 0 unspecified atom stereocenters. The molecule has 1 aliphatic rings. The van der Waals surface area contributed by atoms with Crippen molar-refractivity contribution in [1.29, 1.82) is 0 Å². The quantitative estimate of drug-likeness (QED) is 0.842. The summed E-state index contributed by atoms with van der Waals surface area (Å²) in [7, 11) is -7.11. The Balaban J connectivity index is 1.84. The average Bonchev–Trinajstić information content (AvgIpc) is 2.90. The minimum Gasteiger partial charge on any atom is -0.308 e. The smallest absolute Gasteiger partial charge is 0.183 e. The maximum atomic E-state index is 12.8. The minimum absolute atomic E-state index is 0.155. The van der Waals surface area contributed by atoms with E-state index in [1.165, 1.54) is 12.1 Å². The van der Waals surface area contributed by atoms with Gasteiger partial charge in [-0.05, 0) is 29.8 Å². The van der Waals surface area contributed by atoms with E-state index >= 15 is 0 Å². The second-order valence-electron chi connectivity index (χ2n) is 5.82. The van der Waals surface area contributed by atoms with Crippen molar-refractivity contribution in [1.82, 2.24) is 10.3 Å². The van der Waals surface area contributed by atoms with E-state index in [2.05, 4.69) is 10.3 Å². The topological polar surface area (TPSA) is 93.2 Å². The van der Waals surface area contributed by atoms with Gasteiger partial charge >= 0.3 is 0 Å². The van der Waals surface area contributed by atoms with Crippen LogP contribution in [-0.2, 0) is 26.2 Å². The van der Waals surface area contributed by atoms with Gasteiger partial charge in [-0.1, -0.05) is 18.2 Å². The van der Waals surface area contributed by atoms with Crippen molar-refractivity contribution < 1.29 is 16.8 Å². The van der Waals surface area contributed by atoms with Crippen LogP contribution in [0.25, 0.3) is 0 Å². The van der Waals surface area contributed by atoms with Crippen LogP contribution in [0.2, 0.25) is 0 Å². The Kier molecular flexibility index (Phi) is 4.71. The molecule has 2 atom stereocenters. The van der Waals surface area contributed by atoms with Gasteiger partial charge in [0.25, 0.3) is 0 Å². The van der Waals surface area contributed by atoms with E-state index in [1.54, 1.807) is 42.7 Å². The zero-order chi connectivity index (χ0) is 17.2. The lowest BCUT2D eigenvalue weighted by Crippen LogP contribution is -2.43. The number of pyridine rings is 1. The highest BCUT2D eigenvalue weighted by atomic mass is 32.2. The SMILES string of the molecule is O=S1(=O)C[C@H](NCc2ccncc2)[C@@H](S(=O)(=O)c2ccccc2)C1. The second kappa shape index (κ2) is 6.62. The molecule has 128 valence electrons. The predicted octanol–water partition coefficient (Wildman–Crippen LogP) is 0.811. The lowest BCUT2D eigenvalue weighted by molar-refractivity contribution is 0.526. The van der Waals surface area contributed by atoms with Gasteiger partial charge in [0.15, 0.2) is 19.7 Å². The molecule has 1 saturated heterocycles. The number of sulfone groups is 2. The van der Waals surface area contributed by atoms with Gasteiger partial charge in [0.2, 0.25) is 0 Å². The predicted molar refractivity (Wildman–Crippen MR) is 90.9 cm³/mol. The van der Waals surface area contributed by atoms with Gasteiger partial charge in [-0.15, -0.1) is 0 Å². The summed E-state index contributed by atoms with van der Waals surface area (Å²) in [6.07, 6.45) is 3.28. The average molecular weight is 366 g/mol. The Morgan fingerprint density at radius 3 is 2.38 bits per heavy atom. The summed E-state index contributed by atoms with van der Waals surface area (Å²) in [5, 5.41) is 2.11. The maximum absolute atomic E-state index is 12.8. The molecule has 3 rings (SSSR count). The van der Waals surface area contributed by atoms with Crippen molar-refractivity contribution in [2.24, 2.45) is 0 Å². The summed E-state index contributed by atoms with van der Waals surface area (Å²) >= 11 is 0. The number of rotatable bonds is 5. The van der Waals surface area contributed by atoms with Crippen LogP contribution in [0.3, 0.4) is 0 Å². The second-order valence-corrected chi connectivity index (χ2v) is 10.1. The molecule has 2 aromatic rings. The third kappa shape index (κ3) is 3.66. The van der Waals surface area contributed by atoms with Crippen LogP contribution in [0.4, 0.5) is 0 Å². The number of aromatic nitrogens is 1. The number of benzene rings is 1. The third-order valence-corrected chi connectivity index (χ3v) is 8.26. The van der Waals surface area contributed by atoms with Crippen LogP contribution in [-0.4, -0.2) is 44.6 Å². The fraction of sp³-hybridized carbons (Fsp3) is 0.312. The first kappa shape index (κ1) is 17.1. The zero-order valence-electron chi connectivity index (χ0n) is 12.9. The zero-order valence-corrected chi connectivity index (χ0v) is 14.5. The van der Waals surface area contributed by atoms with E-state index in [1.807, 2.05) is 0 Å². The van der Waals surface area contributed by atoms with Gasteiger partial charge in [-0.2, -0.15) is 0 Å². The number of hydrogen-bond acceptors (Lipinski definition) is 6. The molecular weight excluding hydrogens is 348 g/mol. The van der Waals surface area contributed by atoms with Crippen molar-refractivity contribution in [3.05, 3.63) is 60.4 Å². The molecule has 0 aliphatic carbocycles. The van der Waals surface area contributed by atoms with E-state index in [9.17, 15) is 16.8 Å². The largest absolute Gasteiger partial charge is 0.308 e. The first-order valence-corrected chi connectivity index (χ1v) is 10.9. The molecule has 0 spiro atoms. The van der Waals surface area contributed by atoms with Gasteiger partial charge in [-0.3, -0.25) is 4.98 Å². The van der Waals surface area contributed by atoms with Crippen LogP contribution < -0.4 is 5.32 Å². The van der Waals surface area contributed by atoms with Crippen molar-refractivity contribution in [2.75, 3.05) is 11.5 Å². The molecule has 24 heavy (non-hydrogen) atoms. The number of nitrogens with zero attached hydrogens (tertiary/aromatic N) is 1. The number of nitrogens with one attached hydrogen (secondary N) is 1. The van der Waals surface area contributed by atoms with Crippen molar-refractivity contribution in [2.45, 2.75) is 22.7 Å². The Labute approximate surface area is 141 Å². The van der Waals surface area contributed by atoms with Crippen molar-refractivity contribution >= 4 is 19.7 Å². The van der Waals surface area contributed by atoms with E-state index in [0.29, 0.717) is 6.54 Å². The first-order valence-electron chi connectivity index (χ1n) is 7.50. The molecule has 1 aromatic carbocycles. The van der Waals surface area contributed by atoms with Gasteiger partial charge < -0.3 is 5.32 Å². The third-order valence-electron chi connectivity index (χ3n) is 4.09. The fourth-order valence-corrected chi connectivity index (χ4v) is 7.58. The lowest BCUT2D eigenvalue weighted by Gasteiger charge is -2.20. The molecule has 1 fully saturated rings. The summed E-state index contributed by atoms with van der Waals surface area (Å²) in [6.45, 7) is 0.392. The lowest BCUT2D eigenvalue weighted by atomic mass is 10.2. The Morgan fingerprint density at radius 1 is 1.04 bits per heavy atom. The Bertz CT molecular complexity index is 898. The molecule has 0 bridgehead atoms. The molecule has 1 aromatic heterocycles. The molecule has 2 heterocycles. The molecule has 6 nitrogen and oxygen atoms in total. The molecule has 1 N–H and O–H groups in total. The van der Waals surface area contributed by atoms with E-state index in [0.717, 1.165) is 5.56 Å².